The number of benzene rings is 2. The SMILES string of the molecule is C=C1CC(C(C)(C)SCc2ccccc2)N(Cc2ccc(OC)cc2)C1=O. The molecule has 1 saturated heterocycles. The summed E-state index contributed by atoms with van der Waals surface area (Å²) in [7, 11) is 1.66. The molecule has 1 unspecified atom stereocenters. The molecule has 0 N–H and O–H groups in total. The molecule has 3 nitrogen and oxygen atoms in total. The molecule has 0 spiro atoms. The first-order valence-electron chi connectivity index (χ1n) is 9.20. The highest BCUT2D eigenvalue weighted by molar-refractivity contribution is 7.99. The van der Waals surface area contributed by atoms with E-state index in [-0.39, 0.29) is 16.7 Å². The van der Waals surface area contributed by atoms with E-state index in [0.717, 1.165) is 23.5 Å². The Balaban J connectivity index is 1.74. The highest BCUT2D eigenvalue weighted by Crippen LogP contribution is 2.41. The number of likely N-dealkylation sites (tertiary alicyclic amines) is 1. The van der Waals surface area contributed by atoms with Crippen molar-refractivity contribution in [3.8, 4) is 5.75 Å². The maximum Gasteiger partial charge on any atom is 0.249 e. The van der Waals surface area contributed by atoms with Crippen molar-refractivity contribution in [3.63, 3.8) is 0 Å². The number of carbonyl (C=O) groups excluding carboxylic acids is 1. The van der Waals surface area contributed by atoms with Gasteiger partial charge in [-0.05, 0) is 43.5 Å². The maximum absolute atomic E-state index is 12.8. The molecular weight excluding hydrogens is 354 g/mol. The number of rotatable bonds is 7. The van der Waals surface area contributed by atoms with Crippen LogP contribution < -0.4 is 4.74 Å². The van der Waals surface area contributed by atoms with E-state index in [1.54, 1.807) is 7.11 Å². The fourth-order valence-electron chi connectivity index (χ4n) is 3.45. The summed E-state index contributed by atoms with van der Waals surface area (Å²) >= 11 is 1.90. The van der Waals surface area contributed by atoms with Crippen LogP contribution in [0.15, 0.2) is 66.7 Å². The van der Waals surface area contributed by atoms with Gasteiger partial charge in [0, 0.05) is 22.6 Å². The molecule has 1 heterocycles. The van der Waals surface area contributed by atoms with Gasteiger partial charge in [-0.2, -0.15) is 0 Å². The summed E-state index contributed by atoms with van der Waals surface area (Å²) in [5.74, 6) is 1.83. The minimum Gasteiger partial charge on any atom is -0.497 e. The molecule has 0 radical (unpaired) electrons. The molecule has 142 valence electrons. The first-order valence-corrected chi connectivity index (χ1v) is 10.2. The number of amides is 1. The third-order valence-corrected chi connectivity index (χ3v) is 6.64. The molecule has 1 aliphatic heterocycles. The second-order valence-corrected chi connectivity index (χ2v) is 9.11. The van der Waals surface area contributed by atoms with Gasteiger partial charge in [-0.1, -0.05) is 49.0 Å². The van der Waals surface area contributed by atoms with Crippen molar-refractivity contribution in [1.29, 1.82) is 0 Å². The zero-order valence-corrected chi connectivity index (χ0v) is 17.1. The van der Waals surface area contributed by atoms with Gasteiger partial charge in [-0.15, -0.1) is 11.8 Å². The van der Waals surface area contributed by atoms with Crippen LogP contribution in [0.3, 0.4) is 0 Å². The standard InChI is InChI=1S/C23H27NO2S/c1-17-14-21(23(2,3)27-16-19-8-6-5-7-9-19)24(22(17)25)15-18-10-12-20(26-4)13-11-18/h5-13,21H,1,14-16H2,2-4H3. The molecule has 3 rings (SSSR count). The minimum absolute atomic E-state index is 0.0720. The molecule has 2 aromatic rings. The van der Waals surface area contributed by atoms with Gasteiger partial charge in [0.25, 0.3) is 0 Å². The Morgan fingerprint density at radius 1 is 1.11 bits per heavy atom. The van der Waals surface area contributed by atoms with E-state index in [2.05, 4.69) is 44.7 Å². The van der Waals surface area contributed by atoms with E-state index < -0.39 is 0 Å². The van der Waals surface area contributed by atoms with Crippen molar-refractivity contribution in [2.75, 3.05) is 7.11 Å². The number of carbonyl (C=O) groups is 1. The summed E-state index contributed by atoms with van der Waals surface area (Å²) in [6, 6.07) is 18.5. The molecule has 0 aromatic heterocycles. The zero-order valence-electron chi connectivity index (χ0n) is 16.3. The molecule has 1 atom stereocenters. The molecular formula is C23H27NO2S. The quantitative estimate of drug-likeness (QED) is 0.628. The van der Waals surface area contributed by atoms with Gasteiger partial charge >= 0.3 is 0 Å². The van der Waals surface area contributed by atoms with Crippen LogP contribution >= 0.6 is 11.8 Å². The van der Waals surface area contributed by atoms with Crippen LogP contribution in [0.5, 0.6) is 5.75 Å². The summed E-state index contributed by atoms with van der Waals surface area (Å²) in [6.07, 6.45) is 0.726. The number of hydrogen-bond acceptors (Lipinski definition) is 3. The molecule has 1 aliphatic rings. The van der Waals surface area contributed by atoms with E-state index in [4.69, 9.17) is 4.74 Å². The van der Waals surface area contributed by atoms with Gasteiger partial charge in [0.2, 0.25) is 5.91 Å². The Morgan fingerprint density at radius 2 is 1.78 bits per heavy atom. The van der Waals surface area contributed by atoms with Crippen LogP contribution in [0.1, 0.15) is 31.4 Å². The first-order chi connectivity index (χ1) is 12.9. The zero-order chi connectivity index (χ0) is 19.4. The van der Waals surface area contributed by atoms with Gasteiger partial charge in [0.1, 0.15) is 5.75 Å². The second kappa shape index (κ2) is 8.22. The van der Waals surface area contributed by atoms with E-state index in [1.165, 1.54) is 5.56 Å². The Kier molecular flexibility index (Phi) is 5.95. The number of thioether (sulfide) groups is 1. The summed E-state index contributed by atoms with van der Waals surface area (Å²) in [4.78, 5) is 14.7. The van der Waals surface area contributed by atoms with Crippen LogP contribution in [0.4, 0.5) is 0 Å². The molecule has 2 aromatic carbocycles. The Labute approximate surface area is 166 Å². The van der Waals surface area contributed by atoms with Gasteiger partial charge in [-0.25, -0.2) is 0 Å². The third kappa shape index (κ3) is 4.56. The summed E-state index contributed by atoms with van der Waals surface area (Å²) in [5, 5.41) is 0. The van der Waals surface area contributed by atoms with Crippen molar-refractivity contribution in [3.05, 3.63) is 77.9 Å². The van der Waals surface area contributed by atoms with Crippen LogP contribution in [-0.2, 0) is 17.1 Å². The Morgan fingerprint density at radius 3 is 2.41 bits per heavy atom. The van der Waals surface area contributed by atoms with Crippen LogP contribution in [0.25, 0.3) is 0 Å². The van der Waals surface area contributed by atoms with Gasteiger partial charge < -0.3 is 9.64 Å². The first kappa shape index (κ1) is 19.6. The minimum atomic E-state index is -0.0720. The van der Waals surface area contributed by atoms with Crippen LogP contribution in [-0.4, -0.2) is 28.7 Å². The maximum atomic E-state index is 12.8. The fourth-order valence-corrected chi connectivity index (χ4v) is 4.58. The van der Waals surface area contributed by atoms with Crippen LogP contribution in [0, 0.1) is 0 Å². The molecule has 0 bridgehead atoms. The summed E-state index contributed by atoms with van der Waals surface area (Å²) < 4.78 is 5.16. The van der Waals surface area contributed by atoms with E-state index >= 15 is 0 Å². The number of nitrogens with zero attached hydrogens (tertiary/aromatic N) is 1. The van der Waals surface area contributed by atoms with Gasteiger partial charge in [-0.3, -0.25) is 4.79 Å². The normalized spacial score (nSPS) is 17.4. The lowest BCUT2D eigenvalue weighted by molar-refractivity contribution is -0.127. The van der Waals surface area contributed by atoms with Crippen molar-refractivity contribution in [1.82, 2.24) is 4.90 Å². The smallest absolute Gasteiger partial charge is 0.249 e. The second-order valence-electron chi connectivity index (χ2n) is 7.48. The lowest BCUT2D eigenvalue weighted by atomic mass is 9.99. The molecule has 27 heavy (non-hydrogen) atoms. The highest BCUT2D eigenvalue weighted by atomic mass is 32.2. The molecule has 0 aliphatic carbocycles. The van der Waals surface area contributed by atoms with Crippen molar-refractivity contribution in [2.24, 2.45) is 0 Å². The third-order valence-electron chi connectivity index (χ3n) is 5.15. The van der Waals surface area contributed by atoms with Crippen molar-refractivity contribution in [2.45, 2.75) is 43.4 Å². The Hall–Kier alpha value is -2.20. The lowest BCUT2D eigenvalue weighted by Gasteiger charge is -2.37. The largest absolute Gasteiger partial charge is 0.497 e. The molecule has 0 saturated carbocycles. The molecule has 4 heteroatoms. The molecule has 1 fully saturated rings. The van der Waals surface area contributed by atoms with E-state index in [0.29, 0.717) is 12.1 Å². The van der Waals surface area contributed by atoms with Crippen molar-refractivity contribution >= 4 is 17.7 Å². The topological polar surface area (TPSA) is 29.5 Å². The highest BCUT2D eigenvalue weighted by Gasteiger charge is 2.43. The van der Waals surface area contributed by atoms with Gasteiger partial charge in [0.15, 0.2) is 0 Å². The monoisotopic (exact) mass is 381 g/mol. The summed E-state index contributed by atoms with van der Waals surface area (Å²) in [5.41, 5.74) is 3.12. The van der Waals surface area contributed by atoms with Crippen LogP contribution in [0.2, 0.25) is 0 Å². The number of hydrogen-bond donors (Lipinski definition) is 0. The summed E-state index contributed by atoms with van der Waals surface area (Å²) in [6.45, 7) is 9.08. The lowest BCUT2D eigenvalue weighted by Crippen LogP contribution is -2.44. The Bertz CT molecular complexity index is 799. The van der Waals surface area contributed by atoms with Crippen molar-refractivity contribution < 1.29 is 9.53 Å². The number of methoxy groups -OCH3 is 1. The average molecular weight is 382 g/mol. The van der Waals surface area contributed by atoms with Gasteiger partial charge in [0.05, 0.1) is 13.2 Å². The predicted octanol–water partition coefficient (Wildman–Crippen LogP) is 5.06. The average Bonchev–Trinajstić information content (AvgIpc) is 2.97. The molecule has 1 amide bonds. The fraction of sp³-hybridized carbons (Fsp3) is 0.348. The predicted molar refractivity (Wildman–Crippen MR) is 113 cm³/mol. The number of ether oxygens (including phenoxy) is 1. The van der Waals surface area contributed by atoms with E-state index in [1.807, 2.05) is 47.0 Å². The van der Waals surface area contributed by atoms with E-state index in [9.17, 15) is 4.79 Å².